The first-order chi connectivity index (χ1) is 7.83. The van der Waals surface area contributed by atoms with Gasteiger partial charge >= 0.3 is 0 Å². The third-order valence-corrected chi connectivity index (χ3v) is 2.93. The van der Waals surface area contributed by atoms with Crippen molar-refractivity contribution in [2.24, 2.45) is 0 Å². The van der Waals surface area contributed by atoms with Crippen LogP contribution in [0.25, 0.3) is 0 Å². The van der Waals surface area contributed by atoms with Crippen LogP contribution in [-0.2, 0) is 0 Å². The fraction of sp³-hybridized carbons (Fsp3) is 0.700. The van der Waals surface area contributed by atoms with Crippen LogP contribution in [0, 0.1) is 0 Å². The minimum atomic E-state index is -0.153. The van der Waals surface area contributed by atoms with Gasteiger partial charge in [0.1, 0.15) is 6.20 Å². The summed E-state index contributed by atoms with van der Waals surface area (Å²) in [6.45, 7) is 0.821. The quantitative estimate of drug-likeness (QED) is 0.807. The van der Waals surface area contributed by atoms with Gasteiger partial charge in [-0.1, -0.05) is 5.16 Å². The van der Waals surface area contributed by atoms with E-state index in [2.05, 4.69) is 14.9 Å². The summed E-state index contributed by atoms with van der Waals surface area (Å²) < 4.78 is 4.42. The SMILES string of the molecule is O=C(c1cnon1)N1CCCCC1CCO. The van der Waals surface area contributed by atoms with Crippen LogP contribution in [0.3, 0.4) is 0 Å². The lowest BCUT2D eigenvalue weighted by atomic mass is 9.99. The molecule has 0 saturated carbocycles. The lowest BCUT2D eigenvalue weighted by Crippen LogP contribution is -2.44. The molecule has 1 aliphatic rings. The molecule has 2 rings (SSSR count). The summed E-state index contributed by atoms with van der Waals surface area (Å²) in [6.07, 6.45) is 4.99. The summed E-state index contributed by atoms with van der Waals surface area (Å²) in [7, 11) is 0. The van der Waals surface area contributed by atoms with Crippen molar-refractivity contribution in [3.05, 3.63) is 11.9 Å². The van der Waals surface area contributed by atoms with Crippen LogP contribution in [0.5, 0.6) is 0 Å². The third-order valence-electron chi connectivity index (χ3n) is 2.93. The summed E-state index contributed by atoms with van der Waals surface area (Å²) in [4.78, 5) is 13.8. The molecule has 1 fully saturated rings. The number of carbonyl (C=O) groups is 1. The molecule has 1 unspecified atom stereocenters. The molecule has 1 atom stereocenters. The van der Waals surface area contributed by atoms with Crippen LogP contribution in [-0.4, -0.2) is 45.4 Å². The summed E-state index contributed by atoms with van der Waals surface area (Å²) in [5.74, 6) is -0.153. The Kier molecular flexibility index (Phi) is 3.51. The molecule has 1 aromatic rings. The molecule has 1 aliphatic heterocycles. The molecule has 88 valence electrons. The standard InChI is InChI=1S/C10H15N3O3/c14-6-4-8-3-1-2-5-13(8)10(15)9-7-11-16-12-9/h7-8,14H,1-6H2. The predicted octanol–water partition coefficient (Wildman–Crippen LogP) is 0.447. The van der Waals surface area contributed by atoms with Crippen LogP contribution in [0.2, 0.25) is 0 Å². The zero-order chi connectivity index (χ0) is 11.4. The van der Waals surface area contributed by atoms with Crippen molar-refractivity contribution in [3.8, 4) is 0 Å². The van der Waals surface area contributed by atoms with Gasteiger partial charge < -0.3 is 10.0 Å². The maximum atomic E-state index is 12.0. The lowest BCUT2D eigenvalue weighted by molar-refractivity contribution is 0.0563. The highest BCUT2D eigenvalue weighted by atomic mass is 16.6. The second-order valence-electron chi connectivity index (χ2n) is 3.95. The van der Waals surface area contributed by atoms with E-state index in [0.29, 0.717) is 6.42 Å². The maximum Gasteiger partial charge on any atom is 0.278 e. The van der Waals surface area contributed by atoms with E-state index in [1.807, 2.05) is 0 Å². The van der Waals surface area contributed by atoms with E-state index >= 15 is 0 Å². The number of aliphatic hydroxyl groups is 1. The molecule has 16 heavy (non-hydrogen) atoms. The Labute approximate surface area is 93.2 Å². The molecule has 0 radical (unpaired) electrons. The van der Waals surface area contributed by atoms with Gasteiger partial charge in [-0.25, -0.2) is 4.63 Å². The van der Waals surface area contributed by atoms with Crippen molar-refractivity contribution in [2.45, 2.75) is 31.7 Å². The lowest BCUT2D eigenvalue weighted by Gasteiger charge is -2.34. The van der Waals surface area contributed by atoms with Crippen LogP contribution in [0.15, 0.2) is 10.8 Å². The number of aliphatic hydroxyl groups excluding tert-OH is 1. The monoisotopic (exact) mass is 225 g/mol. The molecule has 0 aromatic carbocycles. The molecule has 0 spiro atoms. The van der Waals surface area contributed by atoms with E-state index in [9.17, 15) is 4.79 Å². The van der Waals surface area contributed by atoms with Crippen LogP contribution < -0.4 is 0 Å². The first-order valence-corrected chi connectivity index (χ1v) is 5.52. The molecule has 0 aliphatic carbocycles. The average Bonchev–Trinajstić information content (AvgIpc) is 2.83. The molecule has 1 N–H and O–H groups in total. The van der Waals surface area contributed by atoms with Crippen molar-refractivity contribution in [2.75, 3.05) is 13.2 Å². The predicted molar refractivity (Wildman–Crippen MR) is 54.7 cm³/mol. The Morgan fingerprint density at radius 1 is 1.62 bits per heavy atom. The first kappa shape index (κ1) is 11.1. The molecular formula is C10H15N3O3. The fourth-order valence-electron chi connectivity index (χ4n) is 2.12. The summed E-state index contributed by atoms with van der Waals surface area (Å²) in [6, 6.07) is 0.114. The van der Waals surface area contributed by atoms with E-state index in [1.54, 1.807) is 4.90 Å². The molecule has 2 heterocycles. The zero-order valence-corrected chi connectivity index (χ0v) is 9.00. The van der Waals surface area contributed by atoms with Gasteiger partial charge in [0.2, 0.25) is 0 Å². The number of hydrogen-bond acceptors (Lipinski definition) is 5. The van der Waals surface area contributed by atoms with Crippen LogP contribution in [0.1, 0.15) is 36.2 Å². The van der Waals surface area contributed by atoms with Gasteiger partial charge in [0.25, 0.3) is 5.91 Å². The number of likely N-dealkylation sites (tertiary alicyclic amines) is 1. The van der Waals surface area contributed by atoms with Gasteiger partial charge in [0.15, 0.2) is 5.69 Å². The van der Waals surface area contributed by atoms with Gasteiger partial charge in [-0.05, 0) is 30.8 Å². The highest BCUT2D eigenvalue weighted by Crippen LogP contribution is 2.21. The molecule has 6 nitrogen and oxygen atoms in total. The van der Waals surface area contributed by atoms with Gasteiger partial charge in [-0.3, -0.25) is 4.79 Å². The summed E-state index contributed by atoms with van der Waals surface area (Å²) in [5.41, 5.74) is 0.241. The zero-order valence-electron chi connectivity index (χ0n) is 9.00. The first-order valence-electron chi connectivity index (χ1n) is 5.52. The third kappa shape index (κ3) is 2.21. The Bertz CT molecular complexity index is 337. The normalized spacial score (nSPS) is 21.1. The Balaban J connectivity index is 2.08. The Morgan fingerprint density at radius 3 is 3.19 bits per heavy atom. The van der Waals surface area contributed by atoms with Crippen molar-refractivity contribution in [3.63, 3.8) is 0 Å². The largest absolute Gasteiger partial charge is 0.396 e. The fourth-order valence-corrected chi connectivity index (χ4v) is 2.12. The topological polar surface area (TPSA) is 79.5 Å². The number of hydrogen-bond donors (Lipinski definition) is 1. The number of rotatable bonds is 3. The van der Waals surface area contributed by atoms with Gasteiger partial charge in [-0.15, -0.1) is 0 Å². The van der Waals surface area contributed by atoms with Crippen molar-refractivity contribution in [1.82, 2.24) is 15.2 Å². The number of nitrogens with zero attached hydrogens (tertiary/aromatic N) is 3. The highest BCUT2D eigenvalue weighted by Gasteiger charge is 2.28. The van der Waals surface area contributed by atoms with E-state index in [-0.39, 0.29) is 24.2 Å². The van der Waals surface area contributed by atoms with E-state index < -0.39 is 0 Å². The van der Waals surface area contributed by atoms with E-state index in [1.165, 1.54) is 6.20 Å². The van der Waals surface area contributed by atoms with Crippen LogP contribution >= 0.6 is 0 Å². The average molecular weight is 225 g/mol. The number of amides is 1. The number of piperidine rings is 1. The van der Waals surface area contributed by atoms with Crippen molar-refractivity contribution >= 4 is 5.91 Å². The van der Waals surface area contributed by atoms with Crippen molar-refractivity contribution < 1.29 is 14.5 Å². The van der Waals surface area contributed by atoms with Gasteiger partial charge in [0, 0.05) is 19.2 Å². The second-order valence-corrected chi connectivity index (χ2v) is 3.95. The van der Waals surface area contributed by atoms with E-state index in [4.69, 9.17) is 5.11 Å². The minimum absolute atomic E-state index is 0.103. The Hall–Kier alpha value is -1.43. The maximum absolute atomic E-state index is 12.0. The van der Waals surface area contributed by atoms with Crippen LogP contribution in [0.4, 0.5) is 0 Å². The smallest absolute Gasteiger partial charge is 0.278 e. The highest BCUT2D eigenvalue weighted by molar-refractivity contribution is 5.92. The number of carbonyl (C=O) groups excluding carboxylic acids is 1. The van der Waals surface area contributed by atoms with E-state index in [0.717, 1.165) is 25.8 Å². The minimum Gasteiger partial charge on any atom is -0.396 e. The molecule has 0 bridgehead atoms. The molecule has 1 amide bonds. The molecule has 6 heteroatoms. The second kappa shape index (κ2) is 5.07. The number of aromatic nitrogens is 2. The summed E-state index contributed by atoms with van der Waals surface area (Å²) >= 11 is 0. The molecule has 1 saturated heterocycles. The molecular weight excluding hydrogens is 210 g/mol. The molecule has 1 aromatic heterocycles. The van der Waals surface area contributed by atoms with Crippen molar-refractivity contribution in [1.29, 1.82) is 0 Å². The summed E-state index contributed by atoms with van der Waals surface area (Å²) in [5, 5.41) is 15.9. The van der Waals surface area contributed by atoms with Gasteiger partial charge in [-0.2, -0.15) is 0 Å². The Morgan fingerprint density at radius 2 is 2.50 bits per heavy atom. The van der Waals surface area contributed by atoms with Gasteiger partial charge in [0.05, 0.1) is 0 Å².